The van der Waals surface area contributed by atoms with Crippen LogP contribution in [0.4, 0.5) is 4.79 Å². The molecule has 8 nitrogen and oxygen atoms in total. The van der Waals surface area contributed by atoms with E-state index in [1.54, 1.807) is 0 Å². The summed E-state index contributed by atoms with van der Waals surface area (Å²) in [7, 11) is 1.30. The Morgan fingerprint density at radius 3 is 2.18 bits per heavy atom. The number of esters is 1. The summed E-state index contributed by atoms with van der Waals surface area (Å²) in [6.07, 6.45) is -0.0583. The van der Waals surface area contributed by atoms with E-state index in [0.29, 0.717) is 19.6 Å². The molecule has 1 atom stereocenters. The maximum atomic E-state index is 12.8. The lowest BCUT2D eigenvalue weighted by Gasteiger charge is -2.29. The smallest absolute Gasteiger partial charge is 0.410 e. The Hall–Kier alpha value is -3.39. The number of benzene rings is 2. The maximum Gasteiger partial charge on any atom is 0.410 e. The molecule has 0 aliphatic carbocycles. The second kappa shape index (κ2) is 12.6. The lowest BCUT2D eigenvalue weighted by atomic mass is 10.1. The van der Waals surface area contributed by atoms with E-state index in [-0.39, 0.29) is 38.6 Å². The third-order valence-corrected chi connectivity index (χ3v) is 5.49. The molecule has 1 heterocycles. The van der Waals surface area contributed by atoms with Gasteiger partial charge in [0.15, 0.2) is 0 Å². The van der Waals surface area contributed by atoms with Crippen LogP contribution in [0.1, 0.15) is 24.0 Å². The molecule has 2 aromatic rings. The average molecular weight is 455 g/mol. The van der Waals surface area contributed by atoms with Gasteiger partial charge in [-0.3, -0.25) is 4.79 Å². The third-order valence-electron chi connectivity index (χ3n) is 5.49. The largest absolute Gasteiger partial charge is 0.467 e. The predicted molar refractivity (Wildman–Crippen MR) is 121 cm³/mol. The SMILES string of the molecule is COC(=O)C(CCOCc1ccccc1)N1CCN(C(=O)OCc2ccccc2)CCC1=O. The minimum Gasteiger partial charge on any atom is -0.467 e. The first-order valence-corrected chi connectivity index (χ1v) is 11.0. The Kier molecular flexibility index (Phi) is 9.26. The average Bonchev–Trinajstić information content (AvgIpc) is 3.05. The number of hydrogen-bond donors (Lipinski definition) is 0. The number of hydrogen-bond acceptors (Lipinski definition) is 6. The number of carbonyl (C=O) groups is 3. The van der Waals surface area contributed by atoms with Crippen LogP contribution < -0.4 is 0 Å². The van der Waals surface area contributed by atoms with Crippen molar-refractivity contribution in [2.75, 3.05) is 33.4 Å². The Bertz CT molecular complexity index is 906. The van der Waals surface area contributed by atoms with Gasteiger partial charge in [-0.25, -0.2) is 9.59 Å². The molecular formula is C25H30N2O6. The van der Waals surface area contributed by atoms with Crippen LogP contribution in [0.25, 0.3) is 0 Å². The highest BCUT2D eigenvalue weighted by Gasteiger charge is 2.33. The van der Waals surface area contributed by atoms with Gasteiger partial charge in [0.2, 0.25) is 5.91 Å². The molecule has 1 aliphatic rings. The number of methoxy groups -OCH3 is 1. The van der Waals surface area contributed by atoms with E-state index in [1.165, 1.54) is 16.9 Å². The molecular weight excluding hydrogens is 424 g/mol. The Morgan fingerprint density at radius 2 is 1.55 bits per heavy atom. The first-order valence-electron chi connectivity index (χ1n) is 11.0. The number of ether oxygens (including phenoxy) is 3. The Morgan fingerprint density at radius 1 is 0.909 bits per heavy atom. The highest BCUT2D eigenvalue weighted by atomic mass is 16.6. The van der Waals surface area contributed by atoms with Crippen molar-refractivity contribution in [2.45, 2.75) is 32.1 Å². The van der Waals surface area contributed by atoms with E-state index in [4.69, 9.17) is 14.2 Å². The van der Waals surface area contributed by atoms with Gasteiger partial charge in [0.25, 0.3) is 0 Å². The lowest BCUT2D eigenvalue weighted by molar-refractivity contribution is -0.153. The fourth-order valence-corrected chi connectivity index (χ4v) is 3.66. The summed E-state index contributed by atoms with van der Waals surface area (Å²) in [4.78, 5) is 40.7. The molecule has 0 saturated carbocycles. The van der Waals surface area contributed by atoms with E-state index in [9.17, 15) is 14.4 Å². The van der Waals surface area contributed by atoms with Crippen molar-refractivity contribution in [3.63, 3.8) is 0 Å². The lowest BCUT2D eigenvalue weighted by Crippen LogP contribution is -2.47. The second-order valence-corrected chi connectivity index (χ2v) is 7.73. The fourth-order valence-electron chi connectivity index (χ4n) is 3.66. The summed E-state index contributed by atoms with van der Waals surface area (Å²) in [5.41, 5.74) is 1.92. The van der Waals surface area contributed by atoms with Gasteiger partial charge in [-0.05, 0) is 11.1 Å². The standard InChI is InChI=1S/C25H30N2O6/c1-31-24(29)22(13-17-32-18-20-8-4-2-5-9-20)27-16-15-26(14-12-23(27)28)25(30)33-19-21-10-6-3-7-11-21/h2-11,22H,12-19H2,1H3. The minimum atomic E-state index is -0.765. The molecule has 2 amide bonds. The zero-order chi connectivity index (χ0) is 23.5. The van der Waals surface area contributed by atoms with Gasteiger partial charge in [-0.1, -0.05) is 60.7 Å². The summed E-state index contributed by atoms with van der Waals surface area (Å²) in [6, 6.07) is 18.4. The fraction of sp³-hybridized carbons (Fsp3) is 0.400. The van der Waals surface area contributed by atoms with Crippen LogP contribution in [0.5, 0.6) is 0 Å². The van der Waals surface area contributed by atoms with E-state index in [0.717, 1.165) is 11.1 Å². The third kappa shape index (κ3) is 7.32. The van der Waals surface area contributed by atoms with E-state index in [2.05, 4.69) is 0 Å². The molecule has 33 heavy (non-hydrogen) atoms. The van der Waals surface area contributed by atoms with E-state index >= 15 is 0 Å². The molecule has 0 N–H and O–H groups in total. The first-order chi connectivity index (χ1) is 16.1. The van der Waals surface area contributed by atoms with Gasteiger partial charge in [-0.15, -0.1) is 0 Å². The molecule has 2 aromatic carbocycles. The highest BCUT2D eigenvalue weighted by molar-refractivity contribution is 5.85. The van der Waals surface area contributed by atoms with Gasteiger partial charge in [0, 0.05) is 39.1 Å². The number of amides is 2. The number of rotatable bonds is 9. The van der Waals surface area contributed by atoms with Crippen LogP contribution in [0, 0.1) is 0 Å². The molecule has 176 valence electrons. The van der Waals surface area contributed by atoms with E-state index in [1.807, 2.05) is 60.7 Å². The minimum absolute atomic E-state index is 0.110. The summed E-state index contributed by atoms with van der Waals surface area (Å²) in [5.74, 6) is -0.696. The predicted octanol–water partition coefficient (Wildman–Crippen LogP) is 3.01. The van der Waals surface area contributed by atoms with Crippen molar-refractivity contribution in [3.8, 4) is 0 Å². The number of nitrogens with zero attached hydrogens (tertiary/aromatic N) is 2. The van der Waals surface area contributed by atoms with Crippen LogP contribution in [0.3, 0.4) is 0 Å². The number of carbonyl (C=O) groups excluding carboxylic acids is 3. The molecule has 1 fully saturated rings. The maximum absolute atomic E-state index is 12.8. The van der Waals surface area contributed by atoms with Crippen LogP contribution in [0.2, 0.25) is 0 Å². The summed E-state index contributed by atoms with van der Waals surface area (Å²) >= 11 is 0. The van der Waals surface area contributed by atoms with Crippen molar-refractivity contribution in [1.82, 2.24) is 9.80 Å². The van der Waals surface area contributed by atoms with E-state index < -0.39 is 18.1 Å². The zero-order valence-electron chi connectivity index (χ0n) is 18.9. The molecule has 1 saturated heterocycles. The molecule has 3 rings (SSSR count). The molecule has 1 aliphatic heterocycles. The normalized spacial score (nSPS) is 15.0. The summed E-state index contributed by atoms with van der Waals surface area (Å²) in [6.45, 7) is 1.61. The van der Waals surface area contributed by atoms with Crippen molar-refractivity contribution < 1.29 is 28.6 Å². The van der Waals surface area contributed by atoms with Crippen molar-refractivity contribution in [2.24, 2.45) is 0 Å². The molecule has 1 unspecified atom stereocenters. The van der Waals surface area contributed by atoms with Crippen LogP contribution in [-0.4, -0.2) is 67.2 Å². The monoisotopic (exact) mass is 454 g/mol. The second-order valence-electron chi connectivity index (χ2n) is 7.73. The molecule has 8 heteroatoms. The van der Waals surface area contributed by atoms with Crippen molar-refractivity contribution in [1.29, 1.82) is 0 Å². The van der Waals surface area contributed by atoms with Gasteiger partial charge in [0.05, 0.1) is 13.7 Å². The highest BCUT2D eigenvalue weighted by Crippen LogP contribution is 2.15. The first kappa shape index (κ1) is 24.3. The molecule has 0 spiro atoms. The Balaban J connectivity index is 1.53. The molecule has 0 bridgehead atoms. The summed E-state index contributed by atoms with van der Waals surface area (Å²) < 4.78 is 16.0. The van der Waals surface area contributed by atoms with Crippen LogP contribution in [0.15, 0.2) is 60.7 Å². The van der Waals surface area contributed by atoms with Gasteiger partial charge in [-0.2, -0.15) is 0 Å². The van der Waals surface area contributed by atoms with Crippen molar-refractivity contribution in [3.05, 3.63) is 71.8 Å². The molecule has 0 aromatic heterocycles. The summed E-state index contributed by atoms with van der Waals surface area (Å²) in [5, 5.41) is 0. The zero-order valence-corrected chi connectivity index (χ0v) is 18.9. The van der Waals surface area contributed by atoms with Crippen molar-refractivity contribution >= 4 is 18.0 Å². The quantitative estimate of drug-likeness (QED) is 0.428. The Labute approximate surface area is 194 Å². The van der Waals surface area contributed by atoms with Crippen LogP contribution >= 0.6 is 0 Å². The van der Waals surface area contributed by atoms with Gasteiger partial charge < -0.3 is 24.0 Å². The topological polar surface area (TPSA) is 85.4 Å². The van der Waals surface area contributed by atoms with Gasteiger partial charge >= 0.3 is 12.1 Å². The molecule has 0 radical (unpaired) electrons. The van der Waals surface area contributed by atoms with Gasteiger partial charge in [0.1, 0.15) is 12.6 Å². The van der Waals surface area contributed by atoms with Crippen LogP contribution in [-0.2, 0) is 37.0 Å².